The van der Waals surface area contributed by atoms with Gasteiger partial charge in [-0.25, -0.2) is 44.9 Å². The van der Waals surface area contributed by atoms with Gasteiger partial charge in [-0.1, -0.05) is 440 Å². The van der Waals surface area contributed by atoms with E-state index in [9.17, 15) is 0 Å². The summed E-state index contributed by atoms with van der Waals surface area (Å²) in [5.74, 6) is 5.69. The van der Waals surface area contributed by atoms with Crippen LogP contribution < -0.4 is 0 Å². The summed E-state index contributed by atoms with van der Waals surface area (Å²) in [6, 6.07) is 166. The zero-order valence-corrected chi connectivity index (χ0v) is 82.2. The maximum absolute atomic E-state index is 5.32. The lowest BCUT2D eigenvalue weighted by Crippen LogP contribution is -2.25. The van der Waals surface area contributed by atoms with Gasteiger partial charge >= 0.3 is 0 Å². The van der Waals surface area contributed by atoms with Crippen LogP contribution in [0.1, 0.15) is 72.2 Å². The Labute approximate surface area is 865 Å². The predicted octanol–water partition coefficient (Wildman–Crippen LogP) is 32.9. The normalized spacial score (nSPS) is 12.9. The number of fused-ring (bicyclic) bond motifs is 18. The highest BCUT2D eigenvalue weighted by molar-refractivity contribution is 6.02. The molecule has 0 bridgehead atoms. The molecule has 18 aromatic carbocycles. The SMILES string of the molecule is CC1(C)c2ccc(-c3nc(-c4ccc(-c5ccccc5)nc4)nc(-c4cccc(-c5ccccc5)c4)n3)cc2-c2ccc3ccccc3c21.CC1(C)c2ccccc2-c2c(-c3nc(-c4ccc(-c5ccccn5)cc4)nc(-c4cccc(-c5ccccc5)c4)n3)cccc21.c1ccc(-c2cccc(-c3nc(-c4ccc(-c5ccncc5)cc4)nc(-c4cccc5c4-c4ccccc4C54c5ccccc5-c5ccccc54)n3)c2)cc1. The van der Waals surface area contributed by atoms with Gasteiger partial charge < -0.3 is 0 Å². The lowest BCUT2D eigenvalue weighted by atomic mass is 9.70. The number of benzene rings is 18. The molecule has 0 fully saturated rings. The van der Waals surface area contributed by atoms with Crippen molar-refractivity contribution in [3.8, 4) is 214 Å². The minimum Gasteiger partial charge on any atom is -0.265 e. The van der Waals surface area contributed by atoms with E-state index in [2.05, 4.69) is 432 Å². The number of aromatic nitrogens is 12. The van der Waals surface area contributed by atoms with E-state index in [0.717, 1.165) is 117 Å². The molecule has 24 aromatic rings. The zero-order chi connectivity index (χ0) is 99.7. The van der Waals surface area contributed by atoms with Crippen molar-refractivity contribution in [2.24, 2.45) is 0 Å². The molecule has 0 aliphatic heterocycles. The summed E-state index contributed by atoms with van der Waals surface area (Å²) in [5.41, 5.74) is 41.0. The molecule has 0 saturated heterocycles. The van der Waals surface area contributed by atoms with E-state index in [1.165, 1.54) is 99.8 Å². The minimum atomic E-state index is -0.458. The van der Waals surface area contributed by atoms with Crippen LogP contribution in [0.15, 0.2) is 498 Å². The standard InChI is InChI=1S/C51H32N4.C45H32N4.C41H30N4/c1-2-12-33(13-3-1)37-14-10-15-38(32-37)49-53-48(36-26-24-34(25-27-36)35-28-30-52-31-29-35)54-50(55-49)42-19-11-23-46-47(42)41-18-6-9-22-45(41)51(46)43-20-7-4-16-39(43)40-17-5-8-21-44(40)51;1-45(2)39-24-21-34(27-38(39)37-23-20-30-14-9-10-19-36(30)41(37)45)43-47-42(33-18-11-17-32(26-33)29-12-5-3-6-13-29)48-44(49-43)35-22-25-40(46-28-35)31-15-7-4-8-16-31;1-41(2)34-18-7-6-16-32(34)37-33(17-11-19-35(37)41)40-44-38(29-23-21-28(22-24-29)36-20-8-9-25-42-36)43-39(45-40)31-15-10-14-30(26-31)27-12-4-3-5-13-27/h1-32H;3-28H,1-2H3;3-26H,1-2H3. The van der Waals surface area contributed by atoms with Crippen LogP contribution in [0.3, 0.4) is 0 Å². The van der Waals surface area contributed by atoms with E-state index >= 15 is 0 Å². The van der Waals surface area contributed by atoms with Crippen LogP contribution in [-0.2, 0) is 16.2 Å². The van der Waals surface area contributed by atoms with E-state index in [1.54, 1.807) is 0 Å². The largest absolute Gasteiger partial charge is 0.265 e. The molecule has 0 radical (unpaired) electrons. The molecule has 6 heterocycles. The van der Waals surface area contributed by atoms with Crippen molar-refractivity contribution >= 4 is 10.8 Å². The maximum atomic E-state index is 5.32. The summed E-state index contributed by atoms with van der Waals surface area (Å²) in [7, 11) is 0. The Hall–Kier alpha value is -19.3. The van der Waals surface area contributed by atoms with Crippen molar-refractivity contribution in [2.45, 2.75) is 43.9 Å². The molecule has 28 rings (SSSR count). The first kappa shape index (κ1) is 89.8. The topological polar surface area (TPSA) is 155 Å². The molecule has 0 N–H and O–H groups in total. The molecule has 0 unspecified atom stereocenters. The van der Waals surface area contributed by atoms with Gasteiger partial charge in [0.25, 0.3) is 0 Å². The average Bonchev–Trinajstić information content (AvgIpc) is 1.50. The third-order valence-corrected chi connectivity index (χ3v) is 29.8. The molecule has 4 aliphatic rings. The van der Waals surface area contributed by atoms with E-state index in [1.807, 2.05) is 104 Å². The number of hydrogen-bond donors (Lipinski definition) is 0. The van der Waals surface area contributed by atoms with Crippen LogP contribution >= 0.6 is 0 Å². The number of nitrogens with zero attached hydrogens (tertiary/aromatic N) is 12. The van der Waals surface area contributed by atoms with Gasteiger partial charge in [0.15, 0.2) is 52.4 Å². The van der Waals surface area contributed by atoms with E-state index in [0.29, 0.717) is 52.4 Å². The summed E-state index contributed by atoms with van der Waals surface area (Å²) in [6.07, 6.45) is 7.31. The zero-order valence-electron chi connectivity index (χ0n) is 82.2. The van der Waals surface area contributed by atoms with Crippen LogP contribution in [0.2, 0.25) is 0 Å². The molecule has 0 atom stereocenters. The molecule has 4 aliphatic carbocycles. The summed E-state index contributed by atoms with van der Waals surface area (Å²) in [4.78, 5) is 59.9. The van der Waals surface area contributed by atoms with Gasteiger partial charge in [-0.3, -0.25) is 15.0 Å². The second kappa shape index (κ2) is 37.5. The van der Waals surface area contributed by atoms with Crippen LogP contribution in [-0.4, -0.2) is 59.8 Å². The summed E-state index contributed by atoms with van der Waals surface area (Å²) < 4.78 is 0. The summed E-state index contributed by atoms with van der Waals surface area (Å²) in [6.45, 7) is 9.25. The van der Waals surface area contributed by atoms with Gasteiger partial charge in [-0.05, 0) is 205 Å². The Bertz CT molecular complexity index is 9240. The predicted molar refractivity (Wildman–Crippen MR) is 603 cm³/mol. The van der Waals surface area contributed by atoms with Crippen LogP contribution in [0.25, 0.3) is 225 Å². The van der Waals surface area contributed by atoms with Crippen molar-refractivity contribution in [3.63, 3.8) is 0 Å². The first-order valence-electron chi connectivity index (χ1n) is 50.5. The van der Waals surface area contributed by atoms with Crippen LogP contribution in [0.4, 0.5) is 0 Å². The summed E-state index contributed by atoms with van der Waals surface area (Å²) >= 11 is 0. The Morgan fingerprint density at radius 1 is 0.168 bits per heavy atom. The van der Waals surface area contributed by atoms with Crippen molar-refractivity contribution in [1.29, 1.82) is 0 Å². The van der Waals surface area contributed by atoms with Gasteiger partial charge in [0.05, 0.1) is 16.8 Å². The van der Waals surface area contributed by atoms with Gasteiger partial charge in [0, 0.05) is 96.8 Å². The lowest BCUT2D eigenvalue weighted by Gasteiger charge is -2.30. The highest BCUT2D eigenvalue weighted by Gasteiger charge is 2.52. The molecular formula is C137H94N12. The maximum Gasteiger partial charge on any atom is 0.165 e. The van der Waals surface area contributed by atoms with Crippen LogP contribution in [0, 0.1) is 0 Å². The Kier molecular flexibility index (Phi) is 22.6. The van der Waals surface area contributed by atoms with Gasteiger partial charge in [0.2, 0.25) is 0 Å². The second-order valence-electron chi connectivity index (χ2n) is 39.3. The van der Waals surface area contributed by atoms with E-state index in [-0.39, 0.29) is 10.8 Å². The lowest BCUT2D eigenvalue weighted by molar-refractivity contribution is 0.660. The third kappa shape index (κ3) is 16.1. The van der Waals surface area contributed by atoms with Crippen molar-refractivity contribution in [2.75, 3.05) is 0 Å². The molecule has 12 nitrogen and oxygen atoms in total. The highest BCUT2D eigenvalue weighted by atomic mass is 15.1. The molecule has 0 saturated carbocycles. The van der Waals surface area contributed by atoms with Crippen molar-refractivity contribution < 1.29 is 0 Å². The number of rotatable bonds is 15. The van der Waals surface area contributed by atoms with Crippen molar-refractivity contribution in [3.05, 3.63) is 542 Å². The molecular weight excluding hydrogens is 1810 g/mol. The molecule has 6 aromatic heterocycles. The van der Waals surface area contributed by atoms with Gasteiger partial charge in [-0.2, -0.15) is 0 Å². The summed E-state index contributed by atoms with van der Waals surface area (Å²) in [5, 5.41) is 2.57. The molecule has 0 amide bonds. The highest BCUT2D eigenvalue weighted by Crippen LogP contribution is 2.65. The van der Waals surface area contributed by atoms with Gasteiger partial charge in [-0.15, -0.1) is 0 Å². The van der Waals surface area contributed by atoms with Gasteiger partial charge in [0.1, 0.15) is 0 Å². The fraction of sp³-hybridized carbons (Fsp3) is 0.0511. The number of hydrogen-bond acceptors (Lipinski definition) is 12. The number of pyridine rings is 3. The Balaban J connectivity index is 0.000000114. The Morgan fingerprint density at radius 3 is 1.01 bits per heavy atom. The molecule has 702 valence electrons. The van der Waals surface area contributed by atoms with Crippen molar-refractivity contribution in [1.82, 2.24) is 59.8 Å². The monoisotopic (exact) mass is 1910 g/mol. The molecule has 12 heteroatoms. The van der Waals surface area contributed by atoms with E-state index in [4.69, 9.17) is 49.8 Å². The smallest absolute Gasteiger partial charge is 0.165 e. The molecule has 1 spiro atoms. The fourth-order valence-corrected chi connectivity index (χ4v) is 22.7. The fourth-order valence-electron chi connectivity index (χ4n) is 22.7. The minimum absolute atomic E-state index is 0.119. The first-order valence-corrected chi connectivity index (χ1v) is 50.5. The Morgan fingerprint density at radius 2 is 0.503 bits per heavy atom. The molecule has 149 heavy (non-hydrogen) atoms. The van der Waals surface area contributed by atoms with Crippen LogP contribution in [0.5, 0.6) is 0 Å². The van der Waals surface area contributed by atoms with E-state index < -0.39 is 5.41 Å². The second-order valence-corrected chi connectivity index (χ2v) is 39.3. The average molecular weight is 1910 g/mol. The first-order chi connectivity index (χ1) is 73.4. The third-order valence-electron chi connectivity index (χ3n) is 29.8. The quantitative estimate of drug-likeness (QED) is 0.0959.